The molecule has 0 spiro atoms. The second-order valence-corrected chi connectivity index (χ2v) is 7.70. The molecule has 2 aromatic rings. The van der Waals surface area contributed by atoms with Gasteiger partial charge in [0.05, 0.1) is 0 Å². The van der Waals surface area contributed by atoms with Crippen LogP contribution in [0.4, 0.5) is 22.0 Å². The first-order valence-corrected chi connectivity index (χ1v) is 9.57. The van der Waals surface area contributed by atoms with E-state index in [1.165, 1.54) is 38.1 Å². The van der Waals surface area contributed by atoms with Crippen molar-refractivity contribution in [2.75, 3.05) is 0 Å². The fraction of sp³-hybridized carbons (Fsp3) is 0.235. The number of carbonyl (C=O) groups is 1. The summed E-state index contributed by atoms with van der Waals surface area (Å²) >= 11 is 0. The summed E-state index contributed by atoms with van der Waals surface area (Å²) in [4.78, 5) is 11.4. The third kappa shape index (κ3) is 5.04. The van der Waals surface area contributed by atoms with Gasteiger partial charge in [-0.1, -0.05) is 32.0 Å². The largest absolute Gasteiger partial charge is 0.513 e. The highest BCUT2D eigenvalue weighted by molar-refractivity contribution is 7.52. The van der Waals surface area contributed by atoms with Crippen LogP contribution < -0.4 is 14.1 Å². The Labute approximate surface area is 161 Å². The van der Waals surface area contributed by atoms with Crippen LogP contribution in [0.15, 0.2) is 30.3 Å². The smallest absolute Gasteiger partial charge is 0.480 e. The van der Waals surface area contributed by atoms with Crippen molar-refractivity contribution in [2.45, 2.75) is 19.9 Å². The van der Waals surface area contributed by atoms with Gasteiger partial charge in [-0.3, -0.25) is 4.79 Å². The molecule has 0 amide bonds. The van der Waals surface area contributed by atoms with E-state index in [1.807, 2.05) is 5.09 Å². The van der Waals surface area contributed by atoms with E-state index >= 15 is 0 Å². The normalized spacial score (nSPS) is 14.3. The van der Waals surface area contributed by atoms with E-state index < -0.39 is 60.5 Å². The molecule has 0 aliphatic carbocycles. The molecule has 0 bridgehead atoms. The third-order valence-electron chi connectivity index (χ3n) is 3.58. The second-order valence-electron chi connectivity index (χ2n) is 6.08. The minimum absolute atomic E-state index is 0.180. The van der Waals surface area contributed by atoms with Crippen LogP contribution in [0.2, 0.25) is 0 Å². The van der Waals surface area contributed by atoms with E-state index in [1.54, 1.807) is 6.07 Å². The van der Waals surface area contributed by atoms with E-state index in [2.05, 4.69) is 4.52 Å². The molecule has 0 fully saturated rings. The lowest BCUT2D eigenvalue weighted by molar-refractivity contribution is -0.140. The molecule has 158 valence electrons. The SMILES string of the molecule is CC(C)C(N[P@](=O)(Oc1ccccc1)Oc1c(F)c(F)c(F)c(F)c1F)C(=O)O. The molecule has 0 saturated carbocycles. The zero-order valence-corrected chi connectivity index (χ0v) is 15.9. The maximum atomic E-state index is 14.0. The molecule has 0 aliphatic heterocycles. The highest BCUT2D eigenvalue weighted by atomic mass is 31.2. The van der Waals surface area contributed by atoms with Gasteiger partial charge in [-0.15, -0.1) is 0 Å². The number of aliphatic carboxylic acids is 1. The summed E-state index contributed by atoms with van der Waals surface area (Å²) in [6.07, 6.45) is 0. The number of para-hydroxylation sites is 1. The lowest BCUT2D eigenvalue weighted by atomic mass is 10.1. The molecular weight excluding hydrogens is 424 g/mol. The fourth-order valence-corrected chi connectivity index (χ4v) is 3.83. The number of hydrogen-bond acceptors (Lipinski definition) is 4. The highest BCUT2D eigenvalue weighted by Gasteiger charge is 2.40. The Bertz CT molecular complexity index is 928. The summed E-state index contributed by atoms with van der Waals surface area (Å²) in [6.45, 7) is 2.83. The van der Waals surface area contributed by atoms with Crippen molar-refractivity contribution in [2.24, 2.45) is 5.92 Å². The predicted molar refractivity (Wildman–Crippen MR) is 90.9 cm³/mol. The summed E-state index contributed by atoms with van der Waals surface area (Å²) in [5.41, 5.74) is 0. The molecule has 0 heterocycles. The zero-order chi connectivity index (χ0) is 21.9. The summed E-state index contributed by atoms with van der Waals surface area (Å²) in [7, 11) is -5.00. The minimum Gasteiger partial charge on any atom is -0.480 e. The van der Waals surface area contributed by atoms with Crippen molar-refractivity contribution in [1.82, 2.24) is 5.09 Å². The molecule has 29 heavy (non-hydrogen) atoms. The van der Waals surface area contributed by atoms with Crippen molar-refractivity contribution in [1.29, 1.82) is 0 Å². The number of carboxylic acids is 1. The first-order chi connectivity index (χ1) is 13.5. The van der Waals surface area contributed by atoms with Gasteiger partial charge in [-0.2, -0.15) is 13.9 Å². The van der Waals surface area contributed by atoms with Crippen LogP contribution in [-0.2, 0) is 9.36 Å². The molecule has 2 N–H and O–H groups in total. The second kappa shape index (κ2) is 8.79. The van der Waals surface area contributed by atoms with Crippen LogP contribution in [-0.4, -0.2) is 17.1 Å². The van der Waals surface area contributed by atoms with E-state index in [-0.39, 0.29) is 5.75 Å². The third-order valence-corrected chi connectivity index (χ3v) is 5.05. The van der Waals surface area contributed by atoms with E-state index in [0.29, 0.717) is 0 Å². The molecule has 0 aliphatic rings. The molecule has 2 rings (SSSR count). The van der Waals surface area contributed by atoms with Crippen LogP contribution in [0.5, 0.6) is 11.5 Å². The van der Waals surface area contributed by atoms with Crippen LogP contribution in [0.25, 0.3) is 0 Å². The molecule has 0 aromatic heterocycles. The molecule has 0 radical (unpaired) electrons. The maximum Gasteiger partial charge on any atom is 0.513 e. The lowest BCUT2D eigenvalue weighted by Gasteiger charge is -2.25. The molecule has 2 atom stereocenters. The predicted octanol–water partition coefficient (Wildman–Crippen LogP) is 4.65. The number of rotatable bonds is 8. The zero-order valence-electron chi connectivity index (χ0n) is 15.0. The Morgan fingerprint density at radius 3 is 1.86 bits per heavy atom. The Balaban J connectivity index is 2.54. The van der Waals surface area contributed by atoms with Gasteiger partial charge in [0.25, 0.3) is 0 Å². The summed E-state index contributed by atoms with van der Waals surface area (Å²) < 4.78 is 90.7. The summed E-state index contributed by atoms with van der Waals surface area (Å²) in [6, 6.07) is 5.29. The first kappa shape index (κ1) is 22.6. The molecular formula is C17H15F5NO5P. The number of hydrogen-bond donors (Lipinski definition) is 2. The topological polar surface area (TPSA) is 84.9 Å². The lowest BCUT2D eigenvalue weighted by Crippen LogP contribution is -2.41. The van der Waals surface area contributed by atoms with Gasteiger partial charge in [0.15, 0.2) is 0 Å². The Morgan fingerprint density at radius 1 is 0.931 bits per heavy atom. The van der Waals surface area contributed by atoms with Crippen molar-refractivity contribution in [3.63, 3.8) is 0 Å². The van der Waals surface area contributed by atoms with Gasteiger partial charge >= 0.3 is 13.7 Å². The molecule has 6 nitrogen and oxygen atoms in total. The van der Waals surface area contributed by atoms with Gasteiger partial charge in [0.2, 0.25) is 34.8 Å². The fourth-order valence-electron chi connectivity index (χ4n) is 2.14. The van der Waals surface area contributed by atoms with Gasteiger partial charge in [0.1, 0.15) is 11.8 Å². The van der Waals surface area contributed by atoms with E-state index in [4.69, 9.17) is 4.52 Å². The Morgan fingerprint density at radius 2 is 1.41 bits per heavy atom. The van der Waals surface area contributed by atoms with Gasteiger partial charge in [-0.25, -0.2) is 17.7 Å². The maximum absolute atomic E-state index is 14.0. The number of nitrogens with one attached hydrogen (secondary N) is 1. The van der Waals surface area contributed by atoms with Gasteiger partial charge in [0, 0.05) is 0 Å². The Kier molecular flexibility index (Phi) is 6.86. The van der Waals surface area contributed by atoms with Crippen molar-refractivity contribution in [3.05, 3.63) is 59.4 Å². The molecule has 12 heteroatoms. The van der Waals surface area contributed by atoms with Crippen LogP contribution in [0.3, 0.4) is 0 Å². The Hall–Kier alpha value is -2.65. The van der Waals surface area contributed by atoms with Gasteiger partial charge < -0.3 is 14.2 Å². The number of carboxylic acid groups (broad SMARTS) is 1. The molecule has 1 unspecified atom stereocenters. The van der Waals surface area contributed by atoms with Crippen LogP contribution >= 0.6 is 7.75 Å². The quantitative estimate of drug-likeness (QED) is 0.270. The number of benzene rings is 2. The first-order valence-electron chi connectivity index (χ1n) is 8.03. The van der Waals surface area contributed by atoms with Crippen LogP contribution in [0.1, 0.15) is 13.8 Å². The monoisotopic (exact) mass is 439 g/mol. The molecule has 0 saturated heterocycles. The molecule has 2 aromatic carbocycles. The average molecular weight is 439 g/mol. The van der Waals surface area contributed by atoms with E-state index in [0.717, 1.165) is 0 Å². The van der Waals surface area contributed by atoms with Crippen LogP contribution in [0, 0.1) is 35.0 Å². The highest BCUT2D eigenvalue weighted by Crippen LogP contribution is 2.48. The van der Waals surface area contributed by atoms with E-state index in [9.17, 15) is 36.4 Å². The minimum atomic E-state index is -5.00. The van der Waals surface area contributed by atoms with Gasteiger partial charge in [-0.05, 0) is 18.1 Å². The van der Waals surface area contributed by atoms with Crippen molar-refractivity contribution in [3.8, 4) is 11.5 Å². The van der Waals surface area contributed by atoms with Crippen molar-refractivity contribution >= 4 is 13.7 Å². The standard InChI is InChI=1S/C17H15F5NO5P/c1-8(2)15(17(24)25)23-29(26,27-9-6-4-3-5-7-9)28-16-13(21)11(19)10(18)12(20)14(16)22/h3-8,15H,1-2H3,(H,23,26)(H,24,25)/t15?,29-/m0/s1. The summed E-state index contributed by atoms with van der Waals surface area (Å²) in [5.74, 6) is -16.2. The average Bonchev–Trinajstić information content (AvgIpc) is 2.67. The number of halogens is 5. The summed E-state index contributed by atoms with van der Waals surface area (Å²) in [5, 5.41) is 11.2. The van der Waals surface area contributed by atoms with Crippen molar-refractivity contribution < 1.29 is 45.5 Å².